The predicted octanol–water partition coefficient (Wildman–Crippen LogP) is 3.10. The monoisotopic (exact) mass is 312 g/mol. The molecular weight excluding hydrogens is 286 g/mol. The van der Waals surface area contributed by atoms with Gasteiger partial charge in [-0.05, 0) is 38.5 Å². The Balaban J connectivity index is 1.60. The molecule has 0 aromatic heterocycles. The lowest BCUT2D eigenvalue weighted by molar-refractivity contribution is 0.234. The fourth-order valence-corrected chi connectivity index (χ4v) is 2.70. The summed E-state index contributed by atoms with van der Waals surface area (Å²) in [5, 5.41) is 0. The van der Waals surface area contributed by atoms with Crippen LogP contribution < -0.4 is 0 Å². The summed E-state index contributed by atoms with van der Waals surface area (Å²) in [6.45, 7) is 15.7. The summed E-state index contributed by atoms with van der Waals surface area (Å²) in [5.74, 6) is 3.12. The lowest BCUT2D eigenvalue weighted by Crippen LogP contribution is -2.30. The molecule has 2 aliphatic heterocycles. The molecule has 2 heterocycles. The van der Waals surface area contributed by atoms with Crippen LogP contribution in [0, 0.1) is 43.2 Å². The molecule has 1 fully saturated rings. The average molecular weight is 312 g/mol. The fraction of sp³-hybridized carbons (Fsp3) is 0.526. The molecule has 1 atom stereocenters. The largest absolute Gasteiger partial charge is 0.478 e. The quantitative estimate of drug-likeness (QED) is 0.798. The zero-order chi connectivity index (χ0) is 16.6. The van der Waals surface area contributed by atoms with Gasteiger partial charge in [0.15, 0.2) is 5.90 Å². The maximum atomic E-state index is 5.88. The molecular formula is C19H26N3O. The van der Waals surface area contributed by atoms with Crippen molar-refractivity contribution in [3.8, 4) is 0 Å². The lowest BCUT2D eigenvalue weighted by atomic mass is 9.88. The number of ether oxygens (including phenoxy) is 1. The Morgan fingerprint density at radius 1 is 1.30 bits per heavy atom. The van der Waals surface area contributed by atoms with Crippen molar-refractivity contribution in [3.05, 3.63) is 50.2 Å². The molecule has 1 aliphatic carbocycles. The first kappa shape index (κ1) is 16.7. The van der Waals surface area contributed by atoms with Crippen LogP contribution in [-0.4, -0.2) is 40.9 Å². The zero-order valence-corrected chi connectivity index (χ0v) is 14.7. The normalized spacial score (nSPS) is 26.5. The van der Waals surface area contributed by atoms with Gasteiger partial charge < -0.3 is 14.5 Å². The van der Waals surface area contributed by atoms with Crippen molar-refractivity contribution >= 4 is 5.90 Å². The summed E-state index contributed by atoms with van der Waals surface area (Å²) in [7, 11) is 0. The van der Waals surface area contributed by atoms with Gasteiger partial charge >= 0.3 is 0 Å². The third-order valence-corrected chi connectivity index (χ3v) is 4.34. The van der Waals surface area contributed by atoms with E-state index in [0.29, 0.717) is 12.6 Å². The summed E-state index contributed by atoms with van der Waals surface area (Å²) in [4.78, 5) is 8.97. The van der Waals surface area contributed by atoms with Gasteiger partial charge in [-0.3, -0.25) is 0 Å². The van der Waals surface area contributed by atoms with E-state index in [-0.39, 0.29) is 11.5 Å². The average Bonchev–Trinajstić information content (AvgIpc) is 3.17. The van der Waals surface area contributed by atoms with Gasteiger partial charge in [0.2, 0.25) is 6.67 Å². The molecule has 0 aromatic rings. The molecule has 0 N–H and O–H groups in total. The van der Waals surface area contributed by atoms with Gasteiger partial charge in [-0.2, -0.15) is 0 Å². The van der Waals surface area contributed by atoms with Crippen molar-refractivity contribution in [2.75, 3.05) is 13.2 Å². The van der Waals surface area contributed by atoms with Gasteiger partial charge in [0.25, 0.3) is 0 Å². The molecule has 3 rings (SSSR count). The molecule has 7 radical (unpaired) electrons. The predicted molar refractivity (Wildman–Crippen MR) is 92.1 cm³/mol. The highest BCUT2D eigenvalue weighted by Gasteiger charge is 2.40. The first-order chi connectivity index (χ1) is 10.8. The highest BCUT2D eigenvalue weighted by Crippen LogP contribution is 2.39. The molecule has 0 bridgehead atoms. The van der Waals surface area contributed by atoms with E-state index < -0.39 is 0 Å². The van der Waals surface area contributed by atoms with Crippen LogP contribution in [-0.2, 0) is 4.74 Å². The van der Waals surface area contributed by atoms with Crippen molar-refractivity contribution < 1.29 is 4.74 Å². The first-order valence-electron chi connectivity index (χ1n) is 8.30. The van der Waals surface area contributed by atoms with Gasteiger partial charge in [-0.15, -0.1) is 0 Å². The number of nitrogens with zero attached hydrogens (tertiary/aromatic N) is 3. The highest BCUT2D eigenvalue weighted by molar-refractivity contribution is 5.98. The minimum Gasteiger partial charge on any atom is -0.478 e. The van der Waals surface area contributed by atoms with Crippen LogP contribution in [0.4, 0.5) is 0 Å². The van der Waals surface area contributed by atoms with Gasteiger partial charge in [0, 0.05) is 30.9 Å². The Morgan fingerprint density at radius 2 is 2.09 bits per heavy atom. The Labute approximate surface area is 141 Å². The Kier molecular flexibility index (Phi) is 4.61. The van der Waals surface area contributed by atoms with Crippen molar-refractivity contribution in [3.63, 3.8) is 0 Å². The summed E-state index contributed by atoms with van der Waals surface area (Å²) in [6, 6.07) is 0.645. The van der Waals surface area contributed by atoms with Crippen LogP contribution in [0.15, 0.2) is 17.4 Å². The van der Waals surface area contributed by atoms with Crippen LogP contribution in [0.25, 0.3) is 0 Å². The van der Waals surface area contributed by atoms with Crippen molar-refractivity contribution in [2.45, 2.75) is 46.7 Å². The van der Waals surface area contributed by atoms with Gasteiger partial charge in [0.05, 0.1) is 12.0 Å². The van der Waals surface area contributed by atoms with Crippen molar-refractivity contribution in [1.82, 2.24) is 9.80 Å². The topological polar surface area (TPSA) is 28.1 Å². The van der Waals surface area contributed by atoms with E-state index >= 15 is 0 Å². The van der Waals surface area contributed by atoms with Gasteiger partial charge in [-0.25, -0.2) is 4.99 Å². The second kappa shape index (κ2) is 6.37. The molecule has 3 aliphatic rings. The Hall–Kier alpha value is -1.19. The van der Waals surface area contributed by atoms with Crippen LogP contribution in [0.1, 0.15) is 34.6 Å². The zero-order valence-electron chi connectivity index (χ0n) is 14.7. The number of aliphatic imine (C=N–C) groups is 1. The van der Waals surface area contributed by atoms with E-state index in [2.05, 4.69) is 82.7 Å². The minimum atomic E-state index is 0.130. The highest BCUT2D eigenvalue weighted by atomic mass is 16.5. The second-order valence-electron chi connectivity index (χ2n) is 7.62. The Morgan fingerprint density at radius 3 is 2.70 bits per heavy atom. The third-order valence-electron chi connectivity index (χ3n) is 4.34. The molecule has 0 aromatic carbocycles. The first-order valence-corrected chi connectivity index (χ1v) is 8.30. The third kappa shape index (κ3) is 3.67. The summed E-state index contributed by atoms with van der Waals surface area (Å²) in [5.41, 5.74) is 0.130. The molecule has 0 amide bonds. The fourth-order valence-electron chi connectivity index (χ4n) is 2.70. The maximum Gasteiger partial charge on any atom is 0.208 e. The minimum absolute atomic E-state index is 0.130. The van der Waals surface area contributed by atoms with Crippen molar-refractivity contribution in [2.24, 2.45) is 10.4 Å². The summed E-state index contributed by atoms with van der Waals surface area (Å²) >= 11 is 0. The molecule has 0 saturated heterocycles. The van der Waals surface area contributed by atoms with Crippen LogP contribution in [0.2, 0.25) is 0 Å². The Bertz CT molecular complexity index is 477. The molecule has 4 heteroatoms. The molecule has 123 valence electrons. The number of hydrogen-bond acceptors (Lipinski definition) is 4. The molecule has 0 unspecified atom stereocenters. The van der Waals surface area contributed by atoms with E-state index in [9.17, 15) is 0 Å². The molecule has 4 nitrogen and oxygen atoms in total. The molecule has 1 saturated carbocycles. The maximum absolute atomic E-state index is 5.88. The van der Waals surface area contributed by atoms with E-state index in [0.717, 1.165) is 18.4 Å². The second-order valence-corrected chi connectivity index (χ2v) is 7.62. The summed E-state index contributed by atoms with van der Waals surface area (Å²) in [6.07, 6.45) is 10.4. The lowest BCUT2D eigenvalue weighted by Gasteiger charge is -2.25. The smallest absolute Gasteiger partial charge is 0.208 e. The number of rotatable bonds is 4. The van der Waals surface area contributed by atoms with Gasteiger partial charge in [0.1, 0.15) is 6.61 Å². The number of hydrogen-bond donors (Lipinski definition) is 0. The van der Waals surface area contributed by atoms with Gasteiger partial charge in [-0.1, -0.05) is 20.8 Å². The van der Waals surface area contributed by atoms with E-state index in [1.54, 1.807) is 0 Å². The molecule has 23 heavy (non-hydrogen) atoms. The van der Waals surface area contributed by atoms with Crippen molar-refractivity contribution in [1.29, 1.82) is 0 Å². The van der Waals surface area contributed by atoms with E-state index in [4.69, 9.17) is 9.73 Å². The SMILES string of the molecule is CC(C)N1[C]N(C[C]2[CH][CH][CH][C]2C2=N[C@@H](C(C)(C)C)CO2)C=C1. The van der Waals surface area contributed by atoms with E-state index in [1.165, 1.54) is 5.92 Å². The van der Waals surface area contributed by atoms with Crippen LogP contribution in [0.5, 0.6) is 0 Å². The summed E-state index contributed by atoms with van der Waals surface area (Å²) < 4.78 is 5.88. The van der Waals surface area contributed by atoms with Crippen LogP contribution in [0.3, 0.4) is 0 Å². The van der Waals surface area contributed by atoms with Crippen LogP contribution >= 0.6 is 0 Å². The van der Waals surface area contributed by atoms with E-state index in [1.807, 2.05) is 0 Å². The molecule has 0 spiro atoms. The standard InChI is InChI=1S/C19H26N3O/c1-14(2)22-10-9-21(13-22)11-15-7-6-8-16(15)18-20-17(12-23-18)19(3,4)5/h6-10,14,17H,11-12H2,1-5H3/t17-/m1/s1.